The van der Waals surface area contributed by atoms with E-state index in [4.69, 9.17) is 5.73 Å². The normalized spacial score (nSPS) is 19.5. The lowest BCUT2D eigenvalue weighted by Crippen LogP contribution is -2.28. The van der Waals surface area contributed by atoms with E-state index in [1.165, 1.54) is 0 Å². The molecule has 0 bridgehead atoms. The fourth-order valence-electron chi connectivity index (χ4n) is 0.871. The van der Waals surface area contributed by atoms with Crippen molar-refractivity contribution in [2.45, 2.75) is 13.8 Å². The van der Waals surface area contributed by atoms with Crippen LogP contribution in [0.25, 0.3) is 0 Å². The minimum atomic E-state index is 0.734. The molecule has 1 aliphatic heterocycles. The third-order valence-corrected chi connectivity index (χ3v) is 1.87. The van der Waals surface area contributed by atoms with E-state index in [1.807, 2.05) is 25.8 Å². The van der Waals surface area contributed by atoms with Crippen LogP contribution in [0.3, 0.4) is 0 Å². The van der Waals surface area contributed by atoms with Crippen LogP contribution in [-0.2, 0) is 0 Å². The Labute approximate surface area is 61.2 Å². The van der Waals surface area contributed by atoms with Gasteiger partial charge in [0.05, 0.1) is 11.4 Å². The molecule has 0 spiro atoms. The summed E-state index contributed by atoms with van der Waals surface area (Å²) in [7, 11) is 1.98. The average molecular weight is 139 g/mol. The number of hydrogen-bond acceptors (Lipinski definition) is 3. The lowest BCUT2D eigenvalue weighted by atomic mass is 10.2. The lowest BCUT2D eigenvalue weighted by Gasteiger charge is -2.24. The van der Waals surface area contributed by atoms with Gasteiger partial charge in [-0.2, -0.15) is 0 Å². The van der Waals surface area contributed by atoms with E-state index in [1.54, 1.807) is 0 Å². The Hall–Kier alpha value is -0.990. The van der Waals surface area contributed by atoms with E-state index in [-0.39, 0.29) is 0 Å². The third-order valence-electron chi connectivity index (χ3n) is 1.87. The molecule has 3 nitrogen and oxygen atoms in total. The van der Waals surface area contributed by atoms with Crippen LogP contribution < -0.4 is 5.73 Å². The summed E-state index contributed by atoms with van der Waals surface area (Å²) in [6.07, 6.45) is 0. The van der Waals surface area contributed by atoms with Crippen molar-refractivity contribution in [3.63, 3.8) is 0 Å². The Morgan fingerprint density at radius 2 is 2.10 bits per heavy atom. The topological polar surface area (TPSA) is 41.6 Å². The molecule has 0 aromatic rings. The Morgan fingerprint density at radius 1 is 1.50 bits per heavy atom. The van der Waals surface area contributed by atoms with Gasteiger partial charge in [0.1, 0.15) is 6.67 Å². The molecule has 0 saturated carbocycles. The molecule has 56 valence electrons. The molecule has 1 aliphatic rings. The second-order valence-electron chi connectivity index (χ2n) is 2.58. The summed E-state index contributed by atoms with van der Waals surface area (Å²) in [4.78, 5) is 6.23. The van der Waals surface area contributed by atoms with Gasteiger partial charge in [0.15, 0.2) is 0 Å². The van der Waals surface area contributed by atoms with Crippen molar-refractivity contribution in [2.24, 2.45) is 10.7 Å². The molecule has 0 fully saturated rings. The lowest BCUT2D eigenvalue weighted by molar-refractivity contribution is 0.423. The van der Waals surface area contributed by atoms with Crippen LogP contribution in [0.2, 0.25) is 0 Å². The summed E-state index contributed by atoms with van der Waals surface area (Å²) in [5.41, 5.74) is 8.61. The van der Waals surface area contributed by atoms with Gasteiger partial charge >= 0.3 is 0 Å². The zero-order valence-corrected chi connectivity index (χ0v) is 6.68. The van der Waals surface area contributed by atoms with E-state index in [0.717, 1.165) is 23.8 Å². The molecule has 0 atom stereocenters. The van der Waals surface area contributed by atoms with Crippen LogP contribution in [0.5, 0.6) is 0 Å². The van der Waals surface area contributed by atoms with Gasteiger partial charge in [0.2, 0.25) is 0 Å². The van der Waals surface area contributed by atoms with Gasteiger partial charge < -0.3 is 10.6 Å². The highest BCUT2D eigenvalue weighted by molar-refractivity contribution is 5.98. The van der Waals surface area contributed by atoms with Crippen molar-refractivity contribution in [3.8, 4) is 0 Å². The maximum Gasteiger partial charge on any atom is 0.110 e. The average Bonchev–Trinajstić information content (AvgIpc) is 1.93. The van der Waals surface area contributed by atoms with Crippen molar-refractivity contribution in [1.82, 2.24) is 4.90 Å². The maximum absolute atomic E-state index is 5.72. The SMILES string of the molecule is CC1=NCN(C)C(C)=C1N. The summed E-state index contributed by atoms with van der Waals surface area (Å²) in [6.45, 7) is 4.68. The van der Waals surface area contributed by atoms with Gasteiger partial charge in [-0.15, -0.1) is 0 Å². The van der Waals surface area contributed by atoms with Gasteiger partial charge in [-0.3, -0.25) is 4.99 Å². The second kappa shape index (κ2) is 2.33. The zero-order valence-electron chi connectivity index (χ0n) is 6.68. The van der Waals surface area contributed by atoms with Crippen molar-refractivity contribution in [2.75, 3.05) is 13.7 Å². The van der Waals surface area contributed by atoms with Gasteiger partial charge in [-0.25, -0.2) is 0 Å². The van der Waals surface area contributed by atoms with Crippen molar-refractivity contribution < 1.29 is 0 Å². The van der Waals surface area contributed by atoms with E-state index < -0.39 is 0 Å². The molecular weight excluding hydrogens is 126 g/mol. The molecule has 1 rings (SSSR count). The highest BCUT2D eigenvalue weighted by atomic mass is 15.2. The monoisotopic (exact) mass is 139 g/mol. The molecule has 0 aliphatic carbocycles. The molecule has 0 saturated heterocycles. The Bertz CT molecular complexity index is 203. The number of rotatable bonds is 0. The molecule has 1 heterocycles. The fourth-order valence-corrected chi connectivity index (χ4v) is 0.871. The molecule has 0 aromatic heterocycles. The largest absolute Gasteiger partial charge is 0.396 e. The Kier molecular flexibility index (Phi) is 1.66. The quantitative estimate of drug-likeness (QED) is 0.532. The Balaban J connectivity index is 2.94. The third kappa shape index (κ3) is 0.988. The highest BCUT2D eigenvalue weighted by Crippen LogP contribution is 2.10. The van der Waals surface area contributed by atoms with E-state index in [0.29, 0.717) is 0 Å². The van der Waals surface area contributed by atoms with Gasteiger partial charge in [0, 0.05) is 12.7 Å². The van der Waals surface area contributed by atoms with Crippen molar-refractivity contribution >= 4 is 5.71 Å². The molecule has 3 heteroatoms. The number of aliphatic imine (C=N–C) groups is 1. The van der Waals surface area contributed by atoms with E-state index in [9.17, 15) is 0 Å². The van der Waals surface area contributed by atoms with Gasteiger partial charge in [-0.05, 0) is 13.8 Å². The maximum atomic E-state index is 5.72. The van der Waals surface area contributed by atoms with Gasteiger partial charge in [-0.1, -0.05) is 0 Å². The van der Waals surface area contributed by atoms with Crippen LogP contribution in [0.4, 0.5) is 0 Å². The van der Waals surface area contributed by atoms with Crippen molar-refractivity contribution in [1.29, 1.82) is 0 Å². The Morgan fingerprint density at radius 3 is 2.60 bits per heavy atom. The predicted molar refractivity (Wildman–Crippen MR) is 42.6 cm³/mol. The minimum Gasteiger partial charge on any atom is -0.396 e. The fraction of sp³-hybridized carbons (Fsp3) is 0.571. The predicted octanol–water partition coefficient (Wildman–Crippen LogP) is 0.540. The molecule has 0 aromatic carbocycles. The molecular formula is C7H13N3. The number of allylic oxidation sites excluding steroid dienone is 2. The molecule has 0 amide bonds. The first-order chi connectivity index (χ1) is 4.63. The van der Waals surface area contributed by atoms with Gasteiger partial charge in [0.25, 0.3) is 0 Å². The first-order valence-corrected chi connectivity index (χ1v) is 3.32. The second-order valence-corrected chi connectivity index (χ2v) is 2.58. The molecule has 2 N–H and O–H groups in total. The first kappa shape index (κ1) is 7.12. The summed E-state index contributed by atoms with van der Waals surface area (Å²) in [5.74, 6) is 0. The van der Waals surface area contributed by atoms with Crippen LogP contribution in [0.1, 0.15) is 13.8 Å². The zero-order chi connectivity index (χ0) is 7.72. The number of nitrogens with zero attached hydrogens (tertiary/aromatic N) is 2. The molecule has 0 unspecified atom stereocenters. The van der Waals surface area contributed by atoms with Crippen LogP contribution >= 0.6 is 0 Å². The summed E-state index contributed by atoms with van der Waals surface area (Å²) >= 11 is 0. The van der Waals surface area contributed by atoms with E-state index in [2.05, 4.69) is 4.99 Å². The van der Waals surface area contributed by atoms with E-state index >= 15 is 0 Å². The number of nitrogens with two attached hydrogens (primary N) is 1. The van der Waals surface area contributed by atoms with Crippen LogP contribution in [-0.4, -0.2) is 24.3 Å². The molecule has 0 radical (unpaired) electrons. The van der Waals surface area contributed by atoms with Crippen molar-refractivity contribution in [3.05, 3.63) is 11.4 Å². The summed E-state index contributed by atoms with van der Waals surface area (Å²) in [5, 5.41) is 0. The van der Waals surface area contributed by atoms with Crippen LogP contribution in [0.15, 0.2) is 16.4 Å². The number of hydrogen-bond donors (Lipinski definition) is 1. The van der Waals surface area contributed by atoms with Crippen LogP contribution in [0, 0.1) is 0 Å². The minimum absolute atomic E-state index is 0.734. The smallest absolute Gasteiger partial charge is 0.110 e. The first-order valence-electron chi connectivity index (χ1n) is 3.32. The highest BCUT2D eigenvalue weighted by Gasteiger charge is 2.10. The summed E-state index contributed by atoms with van der Waals surface area (Å²) < 4.78 is 0. The summed E-state index contributed by atoms with van der Waals surface area (Å²) in [6, 6.07) is 0. The standard InChI is InChI=1S/C7H13N3/c1-5-7(8)6(2)10(3)4-9-5/h4,8H2,1-3H3. The molecule has 10 heavy (non-hydrogen) atoms.